The number of hydrogen-bond donors (Lipinski definition) is 1. The first kappa shape index (κ1) is 19.2. The van der Waals surface area contributed by atoms with Gasteiger partial charge in [0.1, 0.15) is 5.82 Å². The number of nitrogens with zero attached hydrogens (tertiary/aromatic N) is 1. The Bertz CT molecular complexity index is 933. The number of hydrogen-bond acceptors (Lipinski definition) is 3. The molecule has 3 nitrogen and oxygen atoms in total. The lowest BCUT2D eigenvalue weighted by Crippen LogP contribution is -2.25. The second-order valence-electron chi connectivity index (χ2n) is 6.44. The molecule has 2 heterocycles. The smallest absolute Gasteiger partial charge is 0.106 e. The quantitative estimate of drug-likeness (QED) is 0.487. The molecule has 1 N–H and O–H groups in total. The van der Waals surface area contributed by atoms with Crippen molar-refractivity contribution in [3.8, 4) is 0 Å². The second kappa shape index (κ2) is 8.46. The maximum Gasteiger partial charge on any atom is 0.106 e. The molecule has 0 fully saturated rings. The van der Waals surface area contributed by atoms with Gasteiger partial charge in [-0.2, -0.15) is 0 Å². The number of aromatic amines is 1. The molecular formula is C20H17Cl3N2OS. The molecule has 2 atom stereocenters. The molecule has 0 saturated carbocycles. The number of H-pyrrole nitrogens is 1. The van der Waals surface area contributed by atoms with E-state index in [9.17, 15) is 0 Å². The van der Waals surface area contributed by atoms with E-state index in [0.717, 1.165) is 39.0 Å². The topological polar surface area (TPSA) is 37.9 Å². The first-order valence-electron chi connectivity index (χ1n) is 8.57. The number of fused-ring (bicyclic) bond motifs is 1. The number of ether oxygens (including phenoxy) is 1. The summed E-state index contributed by atoms with van der Waals surface area (Å²) in [6.45, 7) is 0.409. The number of nitrogens with one attached hydrogen (secondary N) is 1. The van der Waals surface area contributed by atoms with Gasteiger partial charge in [0, 0.05) is 45.4 Å². The van der Waals surface area contributed by atoms with Crippen molar-refractivity contribution in [2.24, 2.45) is 5.92 Å². The van der Waals surface area contributed by atoms with Crippen molar-refractivity contribution >= 4 is 46.6 Å². The predicted octanol–water partition coefficient (Wildman–Crippen LogP) is 6.59. The van der Waals surface area contributed by atoms with Crippen LogP contribution in [0.4, 0.5) is 0 Å². The molecule has 140 valence electrons. The highest BCUT2D eigenvalue weighted by molar-refractivity contribution is 7.99. The van der Waals surface area contributed by atoms with Gasteiger partial charge in [-0.25, -0.2) is 4.98 Å². The fourth-order valence-corrected chi connectivity index (χ4v) is 5.34. The average molecular weight is 440 g/mol. The number of halogens is 3. The zero-order chi connectivity index (χ0) is 18.8. The van der Waals surface area contributed by atoms with Crippen molar-refractivity contribution in [1.82, 2.24) is 9.97 Å². The minimum atomic E-state index is -0.0863. The zero-order valence-corrected chi connectivity index (χ0v) is 17.4. The van der Waals surface area contributed by atoms with E-state index in [1.807, 2.05) is 30.5 Å². The molecule has 27 heavy (non-hydrogen) atoms. The molecule has 0 amide bonds. The van der Waals surface area contributed by atoms with Crippen molar-refractivity contribution < 1.29 is 4.74 Å². The average Bonchev–Trinajstić information content (AvgIpc) is 3.15. The molecule has 0 unspecified atom stereocenters. The van der Waals surface area contributed by atoms with Crippen LogP contribution >= 0.6 is 46.6 Å². The lowest BCUT2D eigenvalue weighted by Gasteiger charge is -2.33. The van der Waals surface area contributed by atoms with Crippen molar-refractivity contribution in [1.29, 1.82) is 0 Å². The third-order valence-electron chi connectivity index (χ3n) is 4.62. The Balaban J connectivity index is 1.61. The SMILES string of the molecule is Clc1ccc(CO[C@@H]2c3cccc(Cl)c3SC[C@@H]2Cc2ncc[nH]2)c(Cl)c1. The first-order valence-corrected chi connectivity index (χ1v) is 10.7. The summed E-state index contributed by atoms with van der Waals surface area (Å²) < 4.78 is 6.39. The maximum absolute atomic E-state index is 6.43. The van der Waals surface area contributed by atoms with Gasteiger partial charge in [-0.3, -0.25) is 0 Å². The summed E-state index contributed by atoms with van der Waals surface area (Å²) in [4.78, 5) is 8.67. The summed E-state index contributed by atoms with van der Waals surface area (Å²) in [6.07, 6.45) is 4.35. The van der Waals surface area contributed by atoms with Crippen LogP contribution in [0.2, 0.25) is 15.1 Å². The molecule has 0 spiro atoms. The molecule has 7 heteroatoms. The van der Waals surface area contributed by atoms with Crippen LogP contribution in [0.15, 0.2) is 53.7 Å². The minimum absolute atomic E-state index is 0.0863. The molecule has 1 aliphatic rings. The van der Waals surface area contributed by atoms with E-state index in [1.165, 1.54) is 0 Å². The van der Waals surface area contributed by atoms with Crippen LogP contribution in [0.1, 0.15) is 23.1 Å². The standard InChI is InChI=1S/C20H17Cl3N2OS/c21-14-5-4-12(17(23)9-14)10-26-19-13(8-18-24-6-7-25-18)11-27-20-15(19)2-1-3-16(20)22/h1-7,9,13,19H,8,10-11H2,(H,24,25)/t13-,19-/m0/s1. The Hall–Kier alpha value is -1.17. The van der Waals surface area contributed by atoms with Gasteiger partial charge in [-0.05, 0) is 29.3 Å². The number of thioether (sulfide) groups is 1. The van der Waals surface area contributed by atoms with Crippen molar-refractivity contribution in [2.45, 2.75) is 24.0 Å². The number of aromatic nitrogens is 2. The van der Waals surface area contributed by atoms with E-state index in [-0.39, 0.29) is 12.0 Å². The van der Waals surface area contributed by atoms with Gasteiger partial charge in [0.05, 0.1) is 17.7 Å². The lowest BCUT2D eigenvalue weighted by atomic mass is 9.93. The molecule has 1 aromatic heterocycles. The van der Waals surface area contributed by atoms with E-state index in [1.54, 1.807) is 24.0 Å². The number of rotatable bonds is 5. The summed E-state index contributed by atoms with van der Waals surface area (Å²) in [6, 6.07) is 11.5. The highest BCUT2D eigenvalue weighted by Crippen LogP contribution is 2.46. The van der Waals surface area contributed by atoms with Crippen LogP contribution in [0.25, 0.3) is 0 Å². The zero-order valence-electron chi connectivity index (χ0n) is 14.3. The molecule has 3 aromatic rings. The number of imidazole rings is 1. The highest BCUT2D eigenvalue weighted by atomic mass is 35.5. The third kappa shape index (κ3) is 4.30. The van der Waals surface area contributed by atoms with Gasteiger partial charge < -0.3 is 9.72 Å². The second-order valence-corrected chi connectivity index (χ2v) is 8.72. The van der Waals surface area contributed by atoms with Crippen LogP contribution < -0.4 is 0 Å². The molecule has 0 saturated heterocycles. The summed E-state index contributed by atoms with van der Waals surface area (Å²) in [5.41, 5.74) is 2.04. The van der Waals surface area contributed by atoms with Crippen LogP contribution in [0, 0.1) is 5.92 Å². The predicted molar refractivity (Wildman–Crippen MR) is 112 cm³/mol. The van der Waals surface area contributed by atoms with E-state index in [4.69, 9.17) is 39.5 Å². The highest BCUT2D eigenvalue weighted by Gasteiger charge is 2.32. The normalized spacial score (nSPS) is 19.1. The van der Waals surface area contributed by atoms with Gasteiger partial charge >= 0.3 is 0 Å². The van der Waals surface area contributed by atoms with Crippen molar-refractivity contribution in [3.05, 3.63) is 80.8 Å². The Morgan fingerprint density at radius 3 is 2.81 bits per heavy atom. The van der Waals surface area contributed by atoms with Gasteiger partial charge in [-0.1, -0.05) is 53.0 Å². The van der Waals surface area contributed by atoms with Crippen LogP contribution in [0.5, 0.6) is 0 Å². The van der Waals surface area contributed by atoms with Crippen molar-refractivity contribution in [3.63, 3.8) is 0 Å². The van der Waals surface area contributed by atoms with E-state index in [2.05, 4.69) is 16.0 Å². The monoisotopic (exact) mass is 438 g/mol. The fourth-order valence-electron chi connectivity index (χ4n) is 3.30. The van der Waals surface area contributed by atoms with E-state index < -0.39 is 0 Å². The Kier molecular flexibility index (Phi) is 6.00. The molecule has 0 bridgehead atoms. The van der Waals surface area contributed by atoms with Crippen molar-refractivity contribution in [2.75, 3.05) is 5.75 Å². The Morgan fingerprint density at radius 2 is 2.04 bits per heavy atom. The molecule has 4 rings (SSSR count). The lowest BCUT2D eigenvalue weighted by molar-refractivity contribution is 0.00179. The number of benzene rings is 2. The van der Waals surface area contributed by atoms with E-state index in [0.29, 0.717) is 16.7 Å². The Morgan fingerprint density at radius 1 is 1.15 bits per heavy atom. The molecular weight excluding hydrogens is 423 g/mol. The summed E-state index contributed by atoms with van der Waals surface area (Å²) in [5.74, 6) is 2.15. The maximum atomic E-state index is 6.43. The van der Waals surface area contributed by atoms with Crippen LogP contribution in [0.3, 0.4) is 0 Å². The largest absolute Gasteiger partial charge is 0.368 e. The molecule has 0 aliphatic carbocycles. The van der Waals surface area contributed by atoms with E-state index >= 15 is 0 Å². The molecule has 1 aliphatic heterocycles. The summed E-state index contributed by atoms with van der Waals surface area (Å²) in [5, 5.41) is 2.00. The molecule has 2 aromatic carbocycles. The summed E-state index contributed by atoms with van der Waals surface area (Å²) in [7, 11) is 0. The van der Waals surface area contributed by atoms with Crippen LogP contribution in [-0.4, -0.2) is 15.7 Å². The fraction of sp³-hybridized carbons (Fsp3) is 0.250. The van der Waals surface area contributed by atoms with Crippen LogP contribution in [-0.2, 0) is 17.8 Å². The van der Waals surface area contributed by atoms with Gasteiger partial charge in [0.2, 0.25) is 0 Å². The minimum Gasteiger partial charge on any atom is -0.368 e. The third-order valence-corrected chi connectivity index (χ3v) is 6.97. The first-order chi connectivity index (χ1) is 13.1. The van der Waals surface area contributed by atoms with Gasteiger partial charge in [0.15, 0.2) is 0 Å². The molecule has 0 radical (unpaired) electrons. The summed E-state index contributed by atoms with van der Waals surface area (Å²) >= 11 is 20.5. The van der Waals surface area contributed by atoms with Gasteiger partial charge in [-0.15, -0.1) is 11.8 Å². The van der Waals surface area contributed by atoms with Gasteiger partial charge in [0.25, 0.3) is 0 Å². The Labute approximate surface area is 177 Å².